The van der Waals surface area contributed by atoms with Crippen LogP contribution in [0.4, 0.5) is 13.2 Å². The number of likely N-dealkylation sites (N-methyl/N-ethyl adjacent to an activating group) is 1. The van der Waals surface area contributed by atoms with Gasteiger partial charge in [-0.1, -0.05) is 23.7 Å². The van der Waals surface area contributed by atoms with Gasteiger partial charge in [0.25, 0.3) is 0 Å². The first-order chi connectivity index (χ1) is 9.90. The number of nitrogens with one attached hydrogen (secondary N) is 1. The van der Waals surface area contributed by atoms with Gasteiger partial charge in [-0.15, -0.1) is 0 Å². The SMILES string of the molecule is CNC(Cc1ccc(Cl)cc1)C1CCC(C(F)(F)F)CC1. The Bertz CT molecular complexity index is 436. The minimum atomic E-state index is -4.03. The van der Waals surface area contributed by atoms with Gasteiger partial charge < -0.3 is 5.32 Å². The van der Waals surface area contributed by atoms with Crippen LogP contribution in [0, 0.1) is 11.8 Å². The predicted octanol–water partition coefficient (Wildman–Crippen LogP) is 4.84. The minimum absolute atomic E-state index is 0.223. The molecule has 118 valence electrons. The Labute approximate surface area is 128 Å². The first kappa shape index (κ1) is 16.6. The van der Waals surface area contributed by atoms with Gasteiger partial charge in [-0.3, -0.25) is 0 Å². The van der Waals surface area contributed by atoms with E-state index in [-0.39, 0.29) is 18.9 Å². The molecule has 0 saturated heterocycles. The summed E-state index contributed by atoms with van der Waals surface area (Å²) in [6.07, 6.45) is -1.40. The van der Waals surface area contributed by atoms with E-state index >= 15 is 0 Å². The maximum atomic E-state index is 12.7. The quantitative estimate of drug-likeness (QED) is 0.837. The fraction of sp³-hybridized carbons (Fsp3) is 0.625. The van der Waals surface area contributed by atoms with Gasteiger partial charge in [0.2, 0.25) is 0 Å². The third-order valence-electron chi connectivity index (χ3n) is 4.54. The highest BCUT2D eigenvalue weighted by Gasteiger charge is 2.42. The van der Waals surface area contributed by atoms with Gasteiger partial charge in [-0.05, 0) is 62.8 Å². The lowest BCUT2D eigenvalue weighted by Crippen LogP contribution is -2.39. The highest BCUT2D eigenvalue weighted by Crippen LogP contribution is 2.40. The number of halogens is 4. The minimum Gasteiger partial charge on any atom is -0.316 e. The van der Waals surface area contributed by atoms with Crippen LogP contribution in [0.25, 0.3) is 0 Å². The first-order valence-electron chi connectivity index (χ1n) is 7.38. The van der Waals surface area contributed by atoms with Crippen molar-refractivity contribution >= 4 is 11.6 Å². The molecule has 1 aliphatic rings. The Morgan fingerprint density at radius 3 is 2.19 bits per heavy atom. The second kappa shape index (κ2) is 7.01. The third-order valence-corrected chi connectivity index (χ3v) is 4.80. The zero-order valence-corrected chi connectivity index (χ0v) is 12.8. The molecule has 0 amide bonds. The van der Waals surface area contributed by atoms with Crippen LogP contribution < -0.4 is 5.32 Å². The molecule has 1 unspecified atom stereocenters. The summed E-state index contributed by atoms with van der Waals surface area (Å²) in [5.41, 5.74) is 1.16. The standard InChI is InChI=1S/C16H21ClF3N/c1-21-15(10-11-2-8-14(17)9-3-11)12-4-6-13(7-5-12)16(18,19)20/h2-3,8-9,12-13,15,21H,4-7,10H2,1H3. The van der Waals surface area contributed by atoms with E-state index in [9.17, 15) is 13.2 Å². The molecular formula is C16H21ClF3N. The summed E-state index contributed by atoms with van der Waals surface area (Å²) < 4.78 is 38.1. The average molecular weight is 320 g/mol. The fourth-order valence-electron chi connectivity index (χ4n) is 3.23. The summed E-state index contributed by atoms with van der Waals surface area (Å²) in [5.74, 6) is -0.800. The highest BCUT2D eigenvalue weighted by molar-refractivity contribution is 6.30. The lowest BCUT2D eigenvalue weighted by Gasteiger charge is -2.34. The van der Waals surface area contributed by atoms with Crippen LogP contribution in [-0.2, 0) is 6.42 Å². The maximum Gasteiger partial charge on any atom is 0.391 e. The van der Waals surface area contributed by atoms with Crippen LogP contribution in [0.5, 0.6) is 0 Å². The van der Waals surface area contributed by atoms with Gasteiger partial charge in [0.05, 0.1) is 5.92 Å². The first-order valence-corrected chi connectivity index (χ1v) is 7.76. The second-order valence-electron chi connectivity index (χ2n) is 5.88. The van der Waals surface area contributed by atoms with Crippen molar-refractivity contribution in [2.45, 2.75) is 44.3 Å². The van der Waals surface area contributed by atoms with Crippen molar-refractivity contribution in [2.24, 2.45) is 11.8 Å². The zero-order chi connectivity index (χ0) is 15.5. The van der Waals surface area contributed by atoms with Crippen molar-refractivity contribution in [3.05, 3.63) is 34.9 Å². The topological polar surface area (TPSA) is 12.0 Å². The van der Waals surface area contributed by atoms with Crippen molar-refractivity contribution in [2.75, 3.05) is 7.05 Å². The molecule has 0 aromatic heterocycles. The molecule has 0 bridgehead atoms. The molecule has 0 radical (unpaired) electrons. The average Bonchev–Trinajstić information content (AvgIpc) is 2.46. The summed E-state index contributed by atoms with van der Waals surface area (Å²) >= 11 is 5.87. The Morgan fingerprint density at radius 2 is 1.71 bits per heavy atom. The molecule has 2 rings (SSSR count). The summed E-state index contributed by atoms with van der Waals surface area (Å²) in [6.45, 7) is 0. The molecule has 1 aliphatic carbocycles. The van der Waals surface area contributed by atoms with Crippen molar-refractivity contribution in [3.63, 3.8) is 0 Å². The van der Waals surface area contributed by atoms with Crippen LogP contribution >= 0.6 is 11.6 Å². The number of hydrogen-bond donors (Lipinski definition) is 1. The fourth-order valence-corrected chi connectivity index (χ4v) is 3.35. The normalized spacial score (nSPS) is 24.8. The summed E-state index contributed by atoms with van der Waals surface area (Å²) in [6, 6.07) is 7.89. The summed E-state index contributed by atoms with van der Waals surface area (Å²) in [4.78, 5) is 0. The lowest BCUT2D eigenvalue weighted by atomic mass is 9.77. The Balaban J connectivity index is 1.92. The molecule has 1 atom stereocenters. The van der Waals surface area contributed by atoms with E-state index in [2.05, 4.69) is 5.32 Å². The van der Waals surface area contributed by atoms with Crippen molar-refractivity contribution in [1.82, 2.24) is 5.32 Å². The number of rotatable bonds is 4. The largest absolute Gasteiger partial charge is 0.391 e. The molecule has 21 heavy (non-hydrogen) atoms. The van der Waals surface area contributed by atoms with Crippen LogP contribution in [-0.4, -0.2) is 19.3 Å². The maximum absolute atomic E-state index is 12.7. The van der Waals surface area contributed by atoms with E-state index in [1.54, 1.807) is 0 Å². The molecule has 1 fully saturated rings. The van der Waals surface area contributed by atoms with E-state index in [0.717, 1.165) is 12.0 Å². The van der Waals surface area contributed by atoms with Crippen LogP contribution in [0.3, 0.4) is 0 Å². The molecule has 5 heteroatoms. The van der Waals surface area contributed by atoms with Gasteiger partial charge in [0.1, 0.15) is 0 Å². The zero-order valence-electron chi connectivity index (χ0n) is 12.1. The highest BCUT2D eigenvalue weighted by atomic mass is 35.5. The van der Waals surface area contributed by atoms with E-state index in [0.29, 0.717) is 23.8 Å². The number of benzene rings is 1. The summed E-state index contributed by atoms with van der Waals surface area (Å²) in [7, 11) is 1.89. The van der Waals surface area contributed by atoms with Gasteiger partial charge in [0.15, 0.2) is 0 Å². The molecule has 0 heterocycles. The van der Waals surface area contributed by atoms with Crippen molar-refractivity contribution in [3.8, 4) is 0 Å². The van der Waals surface area contributed by atoms with E-state index < -0.39 is 12.1 Å². The Morgan fingerprint density at radius 1 is 1.14 bits per heavy atom. The lowest BCUT2D eigenvalue weighted by molar-refractivity contribution is -0.184. The van der Waals surface area contributed by atoms with Crippen LogP contribution in [0.15, 0.2) is 24.3 Å². The molecule has 1 aromatic rings. The van der Waals surface area contributed by atoms with Gasteiger partial charge >= 0.3 is 6.18 Å². The van der Waals surface area contributed by atoms with Gasteiger partial charge in [-0.25, -0.2) is 0 Å². The van der Waals surface area contributed by atoms with Gasteiger partial charge in [-0.2, -0.15) is 13.2 Å². The van der Waals surface area contributed by atoms with E-state index in [4.69, 9.17) is 11.6 Å². The van der Waals surface area contributed by atoms with Crippen molar-refractivity contribution < 1.29 is 13.2 Å². The van der Waals surface area contributed by atoms with Crippen molar-refractivity contribution in [1.29, 1.82) is 0 Å². The molecule has 1 N–H and O–H groups in total. The smallest absolute Gasteiger partial charge is 0.316 e. The molecule has 0 aliphatic heterocycles. The second-order valence-corrected chi connectivity index (χ2v) is 6.32. The molecular weight excluding hydrogens is 299 g/mol. The number of alkyl halides is 3. The predicted molar refractivity (Wildman–Crippen MR) is 79.5 cm³/mol. The monoisotopic (exact) mass is 319 g/mol. The molecule has 1 nitrogen and oxygen atoms in total. The van der Waals surface area contributed by atoms with Crippen LogP contribution in [0.2, 0.25) is 5.02 Å². The Kier molecular flexibility index (Phi) is 5.55. The van der Waals surface area contributed by atoms with Gasteiger partial charge in [0, 0.05) is 11.1 Å². The van der Waals surface area contributed by atoms with E-state index in [1.165, 1.54) is 0 Å². The van der Waals surface area contributed by atoms with Crippen LogP contribution in [0.1, 0.15) is 31.2 Å². The summed E-state index contributed by atoms with van der Waals surface area (Å²) in [5, 5.41) is 3.97. The molecule has 1 aromatic carbocycles. The third kappa shape index (κ3) is 4.62. The number of hydrogen-bond acceptors (Lipinski definition) is 1. The van der Waals surface area contributed by atoms with E-state index in [1.807, 2.05) is 31.3 Å². The molecule has 1 saturated carbocycles. The molecule has 0 spiro atoms. The Hall–Kier alpha value is -0.740.